The second-order valence-electron chi connectivity index (χ2n) is 6.27. The molecule has 1 N–H and O–H groups in total. The third kappa shape index (κ3) is 4.59. The number of carbonyl (C=O) groups excluding carboxylic acids is 1. The average Bonchev–Trinajstić information content (AvgIpc) is 2.68. The summed E-state index contributed by atoms with van der Waals surface area (Å²) in [6.45, 7) is 4.48. The molecule has 0 saturated heterocycles. The summed E-state index contributed by atoms with van der Waals surface area (Å²) in [6.07, 6.45) is 0.502. The minimum Gasteiger partial charge on any atom is -0.497 e. The molecule has 0 fully saturated rings. The van der Waals surface area contributed by atoms with Crippen molar-refractivity contribution in [1.29, 1.82) is 5.26 Å². The summed E-state index contributed by atoms with van der Waals surface area (Å²) in [5, 5.41) is 20.0. The topological polar surface area (TPSA) is 102 Å². The van der Waals surface area contributed by atoms with Crippen LogP contribution in [0.2, 0.25) is 0 Å². The normalized spacial score (nSPS) is 10.5. The first-order chi connectivity index (χ1) is 13.4. The van der Waals surface area contributed by atoms with Crippen LogP contribution in [0.1, 0.15) is 40.4 Å². The van der Waals surface area contributed by atoms with Crippen molar-refractivity contribution in [3.8, 4) is 17.7 Å². The lowest BCUT2D eigenvalue weighted by atomic mass is 9.97. The van der Waals surface area contributed by atoms with Crippen molar-refractivity contribution in [3.63, 3.8) is 0 Å². The van der Waals surface area contributed by atoms with E-state index in [-0.39, 0.29) is 35.4 Å². The van der Waals surface area contributed by atoms with E-state index in [2.05, 4.69) is 0 Å². The van der Waals surface area contributed by atoms with Crippen LogP contribution in [-0.4, -0.2) is 35.8 Å². The van der Waals surface area contributed by atoms with Gasteiger partial charge >= 0.3 is 0 Å². The van der Waals surface area contributed by atoms with Crippen molar-refractivity contribution in [2.45, 2.75) is 33.2 Å². The number of Topliss-reactive ketones (excluding diaryl/α,β-unsaturated/α-hetero) is 1. The monoisotopic (exact) mass is 384 g/mol. The van der Waals surface area contributed by atoms with Gasteiger partial charge in [0.05, 0.1) is 12.7 Å². The molecule has 0 atom stereocenters. The molecule has 0 aliphatic heterocycles. The summed E-state index contributed by atoms with van der Waals surface area (Å²) in [5.74, 6) is -0.100. The van der Waals surface area contributed by atoms with Gasteiger partial charge in [-0.15, -0.1) is 0 Å². The van der Waals surface area contributed by atoms with Crippen molar-refractivity contribution in [1.82, 2.24) is 4.57 Å². The van der Waals surface area contributed by atoms with Gasteiger partial charge < -0.3 is 14.6 Å². The highest BCUT2D eigenvalue weighted by Gasteiger charge is 2.23. The zero-order chi connectivity index (χ0) is 20.7. The van der Waals surface area contributed by atoms with Gasteiger partial charge in [-0.2, -0.15) is 5.26 Å². The van der Waals surface area contributed by atoms with Gasteiger partial charge in [-0.3, -0.25) is 14.2 Å². The maximum atomic E-state index is 12.9. The molecule has 0 amide bonds. The highest BCUT2D eigenvalue weighted by atomic mass is 16.5. The minimum absolute atomic E-state index is 0.00313. The van der Waals surface area contributed by atoms with Crippen LogP contribution in [0.15, 0.2) is 29.1 Å². The molecule has 0 aliphatic rings. The van der Waals surface area contributed by atoms with Gasteiger partial charge in [-0.25, -0.2) is 0 Å². The maximum absolute atomic E-state index is 12.9. The highest BCUT2D eigenvalue weighted by Crippen LogP contribution is 2.24. The fourth-order valence-electron chi connectivity index (χ4n) is 2.98. The van der Waals surface area contributed by atoms with Crippen molar-refractivity contribution in [3.05, 3.63) is 56.9 Å². The van der Waals surface area contributed by atoms with Crippen molar-refractivity contribution < 1.29 is 19.4 Å². The van der Waals surface area contributed by atoms with E-state index in [0.29, 0.717) is 25.4 Å². The number of benzene rings is 1. The largest absolute Gasteiger partial charge is 0.497 e. The summed E-state index contributed by atoms with van der Waals surface area (Å²) in [5.41, 5.74) is 0.201. The first-order valence-electron chi connectivity index (χ1n) is 9.04. The fourth-order valence-corrected chi connectivity index (χ4v) is 2.98. The second-order valence-corrected chi connectivity index (χ2v) is 6.27. The first kappa shape index (κ1) is 21.2. The quantitative estimate of drug-likeness (QED) is 0.527. The molecule has 1 aromatic carbocycles. The number of aromatic hydroxyl groups is 1. The average molecular weight is 384 g/mol. The molecule has 28 heavy (non-hydrogen) atoms. The van der Waals surface area contributed by atoms with Crippen LogP contribution in [0.25, 0.3) is 0 Å². The van der Waals surface area contributed by atoms with E-state index in [4.69, 9.17) is 9.47 Å². The lowest BCUT2D eigenvalue weighted by Crippen LogP contribution is -2.27. The summed E-state index contributed by atoms with van der Waals surface area (Å²) in [6, 6.07) is 8.86. The summed E-state index contributed by atoms with van der Waals surface area (Å²) >= 11 is 0. The van der Waals surface area contributed by atoms with Gasteiger partial charge in [0, 0.05) is 26.2 Å². The van der Waals surface area contributed by atoms with Crippen LogP contribution in [0.3, 0.4) is 0 Å². The number of ether oxygens (including phenoxy) is 2. The fraction of sp³-hybridized carbons (Fsp3) is 0.381. The number of ketones is 1. The Morgan fingerprint density at radius 3 is 2.54 bits per heavy atom. The SMILES string of the molecule is CCOCCCn1c(O)c(C(=O)Cc2ccc(OC)cc2)c(C)c(C#N)c1=O. The van der Waals surface area contributed by atoms with Crippen molar-refractivity contribution >= 4 is 5.78 Å². The van der Waals surface area contributed by atoms with Crippen molar-refractivity contribution in [2.75, 3.05) is 20.3 Å². The Kier molecular flexibility index (Phi) is 7.36. The molecule has 2 rings (SSSR count). The molecule has 7 nitrogen and oxygen atoms in total. The number of carbonyl (C=O) groups is 1. The van der Waals surface area contributed by atoms with E-state index in [9.17, 15) is 20.0 Å². The smallest absolute Gasteiger partial charge is 0.271 e. The van der Waals surface area contributed by atoms with Crippen LogP contribution < -0.4 is 10.3 Å². The molecule has 0 spiro atoms. The molecule has 148 valence electrons. The number of hydrogen-bond donors (Lipinski definition) is 1. The Labute approximate surface area is 163 Å². The van der Waals surface area contributed by atoms with Gasteiger partial charge in [0.1, 0.15) is 17.4 Å². The molecule has 0 saturated carbocycles. The molecule has 0 aliphatic carbocycles. The lowest BCUT2D eigenvalue weighted by molar-refractivity contribution is 0.0987. The van der Waals surface area contributed by atoms with Crippen LogP contribution in [0.4, 0.5) is 0 Å². The van der Waals surface area contributed by atoms with Gasteiger partial charge in [0.2, 0.25) is 5.88 Å². The third-order valence-corrected chi connectivity index (χ3v) is 4.48. The van der Waals surface area contributed by atoms with E-state index in [1.54, 1.807) is 31.4 Å². The van der Waals surface area contributed by atoms with Crippen LogP contribution >= 0.6 is 0 Å². The Balaban J connectivity index is 2.39. The van der Waals surface area contributed by atoms with E-state index in [0.717, 1.165) is 10.1 Å². The molecule has 0 unspecified atom stereocenters. The number of nitriles is 1. The number of rotatable bonds is 9. The Morgan fingerprint density at radius 1 is 1.29 bits per heavy atom. The van der Waals surface area contributed by atoms with Gasteiger partial charge in [0.25, 0.3) is 5.56 Å². The van der Waals surface area contributed by atoms with Gasteiger partial charge in [0.15, 0.2) is 5.78 Å². The molecular formula is C21H24N2O5. The van der Waals surface area contributed by atoms with E-state index < -0.39 is 11.4 Å². The molecule has 0 bridgehead atoms. The molecule has 2 aromatic rings. The predicted molar refractivity (Wildman–Crippen MR) is 104 cm³/mol. The van der Waals surface area contributed by atoms with E-state index in [1.165, 1.54) is 6.92 Å². The zero-order valence-corrected chi connectivity index (χ0v) is 16.3. The van der Waals surface area contributed by atoms with Crippen LogP contribution in [-0.2, 0) is 17.7 Å². The highest BCUT2D eigenvalue weighted by molar-refractivity contribution is 6.01. The second kappa shape index (κ2) is 9.72. The molecule has 7 heteroatoms. The number of hydrogen-bond acceptors (Lipinski definition) is 6. The first-order valence-corrected chi connectivity index (χ1v) is 9.04. The van der Waals surface area contributed by atoms with Gasteiger partial charge in [-0.05, 0) is 43.5 Å². The minimum atomic E-state index is -0.602. The summed E-state index contributed by atoms with van der Waals surface area (Å²) in [4.78, 5) is 25.4. The van der Waals surface area contributed by atoms with Gasteiger partial charge in [-0.1, -0.05) is 12.1 Å². The maximum Gasteiger partial charge on any atom is 0.271 e. The predicted octanol–water partition coefficient (Wildman–Crippen LogP) is 2.59. The van der Waals surface area contributed by atoms with Crippen molar-refractivity contribution in [2.24, 2.45) is 0 Å². The lowest BCUT2D eigenvalue weighted by Gasteiger charge is -2.15. The van der Waals surface area contributed by atoms with E-state index in [1.807, 2.05) is 13.0 Å². The Bertz CT molecular complexity index is 939. The standard InChI is InChI=1S/C21H24N2O5/c1-4-28-11-5-10-23-20(25)17(13-22)14(2)19(21(23)26)18(24)12-15-6-8-16(27-3)9-7-15/h6-9,26H,4-5,10-12H2,1-3H3. The van der Waals surface area contributed by atoms with E-state index >= 15 is 0 Å². The molecule has 1 heterocycles. The number of nitrogens with zero attached hydrogens (tertiary/aromatic N) is 2. The summed E-state index contributed by atoms with van der Waals surface area (Å²) < 4.78 is 11.4. The number of methoxy groups -OCH3 is 1. The summed E-state index contributed by atoms with van der Waals surface area (Å²) in [7, 11) is 1.56. The number of aromatic nitrogens is 1. The Morgan fingerprint density at radius 2 is 1.96 bits per heavy atom. The van der Waals surface area contributed by atoms with Crippen LogP contribution in [0, 0.1) is 18.3 Å². The molecule has 1 aromatic heterocycles. The zero-order valence-electron chi connectivity index (χ0n) is 16.3. The van der Waals surface area contributed by atoms with Crippen LogP contribution in [0.5, 0.6) is 11.6 Å². The Hall–Kier alpha value is -3.11. The number of pyridine rings is 1. The molecule has 0 radical (unpaired) electrons. The molecular weight excluding hydrogens is 360 g/mol. The third-order valence-electron chi connectivity index (χ3n) is 4.48.